The van der Waals surface area contributed by atoms with Crippen LogP contribution in [0.5, 0.6) is 0 Å². The second-order valence-corrected chi connectivity index (χ2v) is 9.41. The zero-order valence-corrected chi connectivity index (χ0v) is 15.6. The van der Waals surface area contributed by atoms with Gasteiger partial charge in [0.15, 0.2) is 9.84 Å². The Labute approximate surface area is 151 Å². The lowest BCUT2D eigenvalue weighted by atomic mass is 10.1. The monoisotopic (exact) mass is 404 g/mol. The fraction of sp³-hybridized carbons (Fsp3) is 0.200. The normalized spacial score (nSPS) is 13.4. The van der Waals surface area contributed by atoms with E-state index in [-0.39, 0.29) is 22.0 Å². The number of halogens is 1. The number of benzene rings is 2. The standard InChI is InChI=1S/C15H17ClN2O5S2/c1-24(20,21)15-8-12(25(17,22)23)6-7-13(15)18-9-14(19)10-2-4-11(16)5-3-10/h2-8,14,18-19H,9H2,1H3,(H2,17,22,23). The van der Waals surface area contributed by atoms with Crippen molar-refractivity contribution < 1.29 is 21.9 Å². The Morgan fingerprint density at radius 3 is 2.24 bits per heavy atom. The Kier molecular flexibility index (Phi) is 5.75. The molecule has 0 amide bonds. The van der Waals surface area contributed by atoms with Crippen LogP contribution in [0.15, 0.2) is 52.3 Å². The molecule has 1 atom stereocenters. The molecule has 2 aromatic rings. The van der Waals surface area contributed by atoms with Crippen LogP contribution in [0.25, 0.3) is 0 Å². The van der Waals surface area contributed by atoms with E-state index >= 15 is 0 Å². The summed E-state index contributed by atoms with van der Waals surface area (Å²) < 4.78 is 46.7. The Balaban J connectivity index is 2.28. The minimum absolute atomic E-state index is 0.0128. The van der Waals surface area contributed by atoms with Crippen LogP contribution in [0.4, 0.5) is 5.69 Å². The summed E-state index contributed by atoms with van der Waals surface area (Å²) in [7, 11) is -7.75. The number of hydrogen-bond donors (Lipinski definition) is 3. The third kappa shape index (κ3) is 5.16. The largest absolute Gasteiger partial charge is 0.387 e. The number of aliphatic hydroxyl groups excluding tert-OH is 1. The highest BCUT2D eigenvalue weighted by Crippen LogP contribution is 2.26. The second-order valence-electron chi connectivity index (χ2n) is 5.42. The van der Waals surface area contributed by atoms with Crippen LogP contribution < -0.4 is 10.5 Å². The molecular weight excluding hydrogens is 388 g/mol. The van der Waals surface area contributed by atoms with E-state index in [0.29, 0.717) is 10.6 Å². The van der Waals surface area contributed by atoms with E-state index in [0.717, 1.165) is 12.3 Å². The first-order valence-corrected chi connectivity index (χ1v) is 10.8. The molecule has 136 valence electrons. The van der Waals surface area contributed by atoms with E-state index in [1.54, 1.807) is 24.3 Å². The first kappa shape index (κ1) is 19.7. The average molecular weight is 405 g/mol. The second kappa shape index (κ2) is 7.30. The van der Waals surface area contributed by atoms with E-state index in [1.807, 2.05) is 0 Å². The summed E-state index contributed by atoms with van der Waals surface area (Å²) in [5.41, 5.74) is 0.766. The summed E-state index contributed by atoms with van der Waals surface area (Å²) in [6.07, 6.45) is 0.0402. The number of anilines is 1. The van der Waals surface area contributed by atoms with Gasteiger partial charge in [0, 0.05) is 17.8 Å². The van der Waals surface area contributed by atoms with Gasteiger partial charge < -0.3 is 10.4 Å². The lowest BCUT2D eigenvalue weighted by Crippen LogP contribution is -2.16. The number of sulfone groups is 1. The Morgan fingerprint density at radius 1 is 1.12 bits per heavy atom. The molecular formula is C15H17ClN2O5S2. The van der Waals surface area contributed by atoms with Crippen molar-refractivity contribution in [3.8, 4) is 0 Å². The zero-order valence-electron chi connectivity index (χ0n) is 13.2. The van der Waals surface area contributed by atoms with E-state index in [4.69, 9.17) is 16.7 Å². The van der Waals surface area contributed by atoms with Gasteiger partial charge in [-0.15, -0.1) is 0 Å². The fourth-order valence-electron chi connectivity index (χ4n) is 2.14. The average Bonchev–Trinajstić information content (AvgIpc) is 2.51. The molecule has 0 spiro atoms. The van der Waals surface area contributed by atoms with E-state index < -0.39 is 26.0 Å². The third-order valence-electron chi connectivity index (χ3n) is 3.42. The number of nitrogens with one attached hydrogen (secondary N) is 1. The first-order chi connectivity index (χ1) is 11.5. The molecule has 7 nitrogen and oxygen atoms in total. The maximum absolute atomic E-state index is 11.9. The van der Waals surface area contributed by atoms with Crippen molar-refractivity contribution in [3.05, 3.63) is 53.1 Å². The molecule has 2 rings (SSSR count). The minimum Gasteiger partial charge on any atom is -0.387 e. The van der Waals surface area contributed by atoms with Crippen LogP contribution in [0.2, 0.25) is 5.02 Å². The summed E-state index contributed by atoms with van der Waals surface area (Å²) in [5.74, 6) is 0. The minimum atomic E-state index is -4.03. The van der Waals surface area contributed by atoms with Crippen molar-refractivity contribution in [2.24, 2.45) is 5.14 Å². The van der Waals surface area contributed by atoms with Crippen LogP contribution in [-0.4, -0.2) is 34.7 Å². The van der Waals surface area contributed by atoms with E-state index in [2.05, 4.69) is 5.32 Å². The van der Waals surface area contributed by atoms with Gasteiger partial charge >= 0.3 is 0 Å². The van der Waals surface area contributed by atoms with Crippen molar-refractivity contribution in [1.82, 2.24) is 0 Å². The Bertz CT molecular complexity index is 973. The number of hydrogen-bond acceptors (Lipinski definition) is 6. The van der Waals surface area contributed by atoms with Crippen LogP contribution in [0, 0.1) is 0 Å². The Hall–Kier alpha value is -1.65. The van der Waals surface area contributed by atoms with Gasteiger partial charge in [-0.25, -0.2) is 22.0 Å². The smallest absolute Gasteiger partial charge is 0.238 e. The number of nitrogens with two attached hydrogens (primary N) is 1. The molecule has 0 radical (unpaired) electrons. The van der Waals surface area contributed by atoms with Crippen LogP contribution >= 0.6 is 11.6 Å². The van der Waals surface area contributed by atoms with Gasteiger partial charge in [-0.1, -0.05) is 23.7 Å². The van der Waals surface area contributed by atoms with Crippen molar-refractivity contribution in [2.75, 3.05) is 18.1 Å². The van der Waals surface area contributed by atoms with Gasteiger partial charge in [-0.3, -0.25) is 0 Å². The van der Waals surface area contributed by atoms with E-state index in [1.165, 1.54) is 12.1 Å². The molecule has 0 aliphatic carbocycles. The number of rotatable bonds is 6. The summed E-state index contributed by atoms with van der Waals surface area (Å²) in [6, 6.07) is 10.0. The molecule has 0 aliphatic heterocycles. The summed E-state index contributed by atoms with van der Waals surface area (Å²) in [4.78, 5) is -0.529. The van der Waals surface area contributed by atoms with Gasteiger partial charge in [0.05, 0.1) is 21.6 Å². The van der Waals surface area contributed by atoms with Crippen molar-refractivity contribution in [1.29, 1.82) is 0 Å². The molecule has 4 N–H and O–H groups in total. The van der Waals surface area contributed by atoms with Crippen molar-refractivity contribution in [2.45, 2.75) is 15.9 Å². The summed E-state index contributed by atoms with van der Waals surface area (Å²) in [5, 5.41) is 18.6. The van der Waals surface area contributed by atoms with Gasteiger partial charge in [-0.2, -0.15) is 0 Å². The topological polar surface area (TPSA) is 127 Å². The van der Waals surface area contributed by atoms with Crippen molar-refractivity contribution in [3.63, 3.8) is 0 Å². The summed E-state index contributed by atoms with van der Waals surface area (Å²) >= 11 is 5.79. The molecule has 2 aromatic carbocycles. The Morgan fingerprint density at radius 2 is 1.72 bits per heavy atom. The SMILES string of the molecule is CS(=O)(=O)c1cc(S(N)(=O)=O)ccc1NCC(O)c1ccc(Cl)cc1. The number of aliphatic hydroxyl groups is 1. The predicted octanol–water partition coefficient (Wildman–Crippen LogP) is 1.54. The maximum atomic E-state index is 11.9. The molecule has 0 aliphatic rings. The quantitative estimate of drug-likeness (QED) is 0.670. The highest BCUT2D eigenvalue weighted by atomic mass is 35.5. The molecule has 0 heterocycles. The first-order valence-electron chi connectivity index (χ1n) is 7.03. The third-order valence-corrected chi connectivity index (χ3v) is 5.72. The highest BCUT2D eigenvalue weighted by molar-refractivity contribution is 7.91. The molecule has 1 unspecified atom stereocenters. The van der Waals surface area contributed by atoms with Crippen LogP contribution in [0.1, 0.15) is 11.7 Å². The molecule has 0 saturated carbocycles. The molecule has 0 fully saturated rings. The molecule has 10 heteroatoms. The highest BCUT2D eigenvalue weighted by Gasteiger charge is 2.19. The van der Waals surface area contributed by atoms with E-state index in [9.17, 15) is 21.9 Å². The molecule has 25 heavy (non-hydrogen) atoms. The maximum Gasteiger partial charge on any atom is 0.238 e. The zero-order chi connectivity index (χ0) is 18.8. The van der Waals surface area contributed by atoms with Crippen LogP contribution in [-0.2, 0) is 19.9 Å². The number of sulfonamides is 1. The lowest BCUT2D eigenvalue weighted by molar-refractivity contribution is 0.191. The lowest BCUT2D eigenvalue weighted by Gasteiger charge is -2.16. The molecule has 0 bridgehead atoms. The van der Waals surface area contributed by atoms with Gasteiger partial charge in [0.1, 0.15) is 0 Å². The molecule has 0 aromatic heterocycles. The van der Waals surface area contributed by atoms with Gasteiger partial charge in [0.2, 0.25) is 10.0 Å². The number of primary sulfonamides is 1. The predicted molar refractivity (Wildman–Crippen MR) is 95.8 cm³/mol. The van der Waals surface area contributed by atoms with Crippen molar-refractivity contribution >= 4 is 37.1 Å². The van der Waals surface area contributed by atoms with Gasteiger partial charge in [-0.05, 0) is 35.9 Å². The fourth-order valence-corrected chi connectivity index (χ4v) is 3.76. The van der Waals surface area contributed by atoms with Crippen LogP contribution in [0.3, 0.4) is 0 Å². The molecule has 0 saturated heterocycles. The van der Waals surface area contributed by atoms with Gasteiger partial charge in [0.25, 0.3) is 0 Å². The summed E-state index contributed by atoms with van der Waals surface area (Å²) in [6.45, 7) is 0.0128.